The molecule has 112 valence electrons. The Balaban J connectivity index is 1.81. The third-order valence-electron chi connectivity index (χ3n) is 4.42. The number of nitrogens with zero attached hydrogens (tertiary/aromatic N) is 1. The molecule has 2 fully saturated rings. The second-order valence-electron chi connectivity index (χ2n) is 6.90. The van der Waals surface area contributed by atoms with Crippen molar-refractivity contribution < 1.29 is 9.84 Å². The minimum atomic E-state index is 0.291. The van der Waals surface area contributed by atoms with Crippen molar-refractivity contribution in [2.75, 3.05) is 52.5 Å². The molecule has 2 aliphatic heterocycles. The normalized spacial score (nSPS) is 32.5. The van der Waals surface area contributed by atoms with Gasteiger partial charge in [-0.1, -0.05) is 13.8 Å². The van der Waals surface area contributed by atoms with Gasteiger partial charge in [-0.3, -0.25) is 0 Å². The van der Waals surface area contributed by atoms with Crippen LogP contribution in [0.3, 0.4) is 0 Å². The molecule has 2 aliphatic rings. The zero-order valence-electron chi connectivity index (χ0n) is 12.5. The predicted molar refractivity (Wildman–Crippen MR) is 77.2 cm³/mol. The van der Waals surface area contributed by atoms with Crippen molar-refractivity contribution in [3.05, 3.63) is 0 Å². The summed E-state index contributed by atoms with van der Waals surface area (Å²) in [7, 11) is 0. The summed E-state index contributed by atoms with van der Waals surface area (Å²) in [6.07, 6.45) is 2.31. The number of aliphatic hydroxyl groups excluding tert-OH is 1. The van der Waals surface area contributed by atoms with E-state index in [1.54, 1.807) is 0 Å². The summed E-state index contributed by atoms with van der Waals surface area (Å²) in [4.78, 5) is 2.52. The fourth-order valence-corrected chi connectivity index (χ4v) is 3.28. The number of likely N-dealkylation sites (tertiary alicyclic amines) is 1. The maximum atomic E-state index is 9.25. The van der Waals surface area contributed by atoms with E-state index in [0.29, 0.717) is 23.9 Å². The second kappa shape index (κ2) is 7.02. The van der Waals surface area contributed by atoms with E-state index in [0.717, 1.165) is 52.4 Å². The Morgan fingerprint density at radius 3 is 2.89 bits per heavy atom. The van der Waals surface area contributed by atoms with Gasteiger partial charge in [0.05, 0.1) is 6.61 Å². The van der Waals surface area contributed by atoms with Crippen LogP contribution in [0, 0.1) is 17.3 Å². The molecule has 0 aromatic heterocycles. The van der Waals surface area contributed by atoms with Crippen LogP contribution in [0.1, 0.15) is 26.7 Å². The topological polar surface area (TPSA) is 44.7 Å². The summed E-state index contributed by atoms with van der Waals surface area (Å²) < 4.78 is 5.67. The van der Waals surface area contributed by atoms with Gasteiger partial charge in [-0.05, 0) is 37.8 Å². The van der Waals surface area contributed by atoms with Crippen molar-refractivity contribution >= 4 is 0 Å². The Morgan fingerprint density at radius 1 is 1.47 bits per heavy atom. The van der Waals surface area contributed by atoms with Crippen LogP contribution in [0.2, 0.25) is 0 Å². The van der Waals surface area contributed by atoms with E-state index in [4.69, 9.17) is 4.74 Å². The minimum absolute atomic E-state index is 0.291. The molecule has 2 heterocycles. The average Bonchev–Trinajstić information content (AvgIpc) is 2.99. The standard InChI is InChI=1S/C15H30N2O2/c1-13(2)7-16-10-15(4-6-19-12-15)11-17-5-3-14(8-17)9-18/h13-14,16,18H,3-12H2,1-2H3. The first kappa shape index (κ1) is 15.2. The zero-order chi connectivity index (χ0) is 13.7. The average molecular weight is 270 g/mol. The van der Waals surface area contributed by atoms with E-state index < -0.39 is 0 Å². The Labute approximate surface area is 117 Å². The lowest BCUT2D eigenvalue weighted by molar-refractivity contribution is 0.114. The quantitative estimate of drug-likeness (QED) is 0.723. The summed E-state index contributed by atoms with van der Waals surface area (Å²) in [5.41, 5.74) is 0.291. The molecule has 0 saturated carbocycles. The molecule has 2 atom stereocenters. The molecule has 0 radical (unpaired) electrons. The van der Waals surface area contributed by atoms with Crippen molar-refractivity contribution in [2.24, 2.45) is 17.3 Å². The Hall–Kier alpha value is -0.160. The lowest BCUT2D eigenvalue weighted by Gasteiger charge is -2.33. The number of hydrogen-bond acceptors (Lipinski definition) is 4. The summed E-state index contributed by atoms with van der Waals surface area (Å²) in [5.74, 6) is 1.19. The van der Waals surface area contributed by atoms with Crippen molar-refractivity contribution in [2.45, 2.75) is 26.7 Å². The molecular formula is C15H30N2O2. The molecule has 0 amide bonds. The molecule has 19 heavy (non-hydrogen) atoms. The molecule has 4 nitrogen and oxygen atoms in total. The molecular weight excluding hydrogens is 240 g/mol. The van der Waals surface area contributed by atoms with Gasteiger partial charge in [0.15, 0.2) is 0 Å². The van der Waals surface area contributed by atoms with E-state index in [9.17, 15) is 5.11 Å². The molecule has 2 N–H and O–H groups in total. The Kier molecular flexibility index (Phi) is 5.63. The highest BCUT2D eigenvalue weighted by Crippen LogP contribution is 2.31. The molecule has 2 rings (SSSR count). The van der Waals surface area contributed by atoms with Gasteiger partial charge < -0.3 is 20.1 Å². The highest BCUT2D eigenvalue weighted by atomic mass is 16.5. The molecule has 0 aromatic carbocycles. The molecule has 2 unspecified atom stereocenters. The van der Waals surface area contributed by atoms with Gasteiger partial charge in [-0.2, -0.15) is 0 Å². The molecule has 2 saturated heterocycles. The van der Waals surface area contributed by atoms with Gasteiger partial charge in [-0.15, -0.1) is 0 Å². The smallest absolute Gasteiger partial charge is 0.0547 e. The van der Waals surface area contributed by atoms with Crippen LogP contribution in [0.5, 0.6) is 0 Å². The van der Waals surface area contributed by atoms with E-state index in [1.165, 1.54) is 6.42 Å². The summed E-state index contributed by atoms with van der Waals surface area (Å²) in [5, 5.41) is 12.9. The maximum Gasteiger partial charge on any atom is 0.0547 e. The minimum Gasteiger partial charge on any atom is -0.396 e. The molecule has 0 aromatic rings. The Bertz CT molecular complexity index is 265. The molecule has 0 bridgehead atoms. The maximum absolute atomic E-state index is 9.25. The Morgan fingerprint density at radius 2 is 2.32 bits per heavy atom. The van der Waals surface area contributed by atoms with E-state index >= 15 is 0 Å². The molecule has 0 aliphatic carbocycles. The fourth-order valence-electron chi connectivity index (χ4n) is 3.28. The van der Waals surface area contributed by atoms with Crippen LogP contribution in [-0.4, -0.2) is 62.6 Å². The summed E-state index contributed by atoms with van der Waals surface area (Å²) >= 11 is 0. The molecule has 0 spiro atoms. The van der Waals surface area contributed by atoms with Gasteiger partial charge in [0.1, 0.15) is 0 Å². The van der Waals surface area contributed by atoms with Gasteiger partial charge in [0, 0.05) is 38.3 Å². The second-order valence-corrected chi connectivity index (χ2v) is 6.90. The zero-order valence-corrected chi connectivity index (χ0v) is 12.5. The van der Waals surface area contributed by atoms with E-state index in [-0.39, 0.29) is 0 Å². The fraction of sp³-hybridized carbons (Fsp3) is 1.00. The van der Waals surface area contributed by atoms with Crippen molar-refractivity contribution in [3.63, 3.8) is 0 Å². The van der Waals surface area contributed by atoms with Crippen LogP contribution in [0.25, 0.3) is 0 Å². The van der Waals surface area contributed by atoms with Crippen LogP contribution < -0.4 is 5.32 Å². The van der Waals surface area contributed by atoms with Crippen LogP contribution in [-0.2, 0) is 4.74 Å². The first-order chi connectivity index (χ1) is 9.13. The highest BCUT2D eigenvalue weighted by Gasteiger charge is 2.38. The number of hydrogen-bond donors (Lipinski definition) is 2. The number of nitrogens with one attached hydrogen (secondary N) is 1. The summed E-state index contributed by atoms with van der Waals surface area (Å²) in [6, 6.07) is 0. The lowest BCUT2D eigenvalue weighted by Crippen LogP contribution is -2.45. The van der Waals surface area contributed by atoms with Crippen molar-refractivity contribution in [1.29, 1.82) is 0 Å². The molecule has 4 heteroatoms. The van der Waals surface area contributed by atoms with Gasteiger partial charge in [0.25, 0.3) is 0 Å². The van der Waals surface area contributed by atoms with Gasteiger partial charge in [-0.25, -0.2) is 0 Å². The SMILES string of the molecule is CC(C)CNCC1(CN2CCC(CO)C2)CCOC1. The number of ether oxygens (including phenoxy) is 1. The summed E-state index contributed by atoms with van der Waals surface area (Å²) in [6.45, 7) is 12.1. The third-order valence-corrected chi connectivity index (χ3v) is 4.42. The van der Waals surface area contributed by atoms with Gasteiger partial charge in [0.2, 0.25) is 0 Å². The van der Waals surface area contributed by atoms with Crippen molar-refractivity contribution in [1.82, 2.24) is 10.2 Å². The predicted octanol–water partition coefficient (Wildman–Crippen LogP) is 0.953. The highest BCUT2D eigenvalue weighted by molar-refractivity contribution is 4.90. The van der Waals surface area contributed by atoms with E-state index in [2.05, 4.69) is 24.1 Å². The number of rotatable bonds is 7. The van der Waals surface area contributed by atoms with Crippen LogP contribution in [0.15, 0.2) is 0 Å². The first-order valence-electron chi connectivity index (χ1n) is 7.75. The van der Waals surface area contributed by atoms with Crippen LogP contribution in [0.4, 0.5) is 0 Å². The number of aliphatic hydroxyl groups is 1. The van der Waals surface area contributed by atoms with Crippen molar-refractivity contribution in [3.8, 4) is 0 Å². The van der Waals surface area contributed by atoms with Crippen LogP contribution >= 0.6 is 0 Å². The monoisotopic (exact) mass is 270 g/mol. The first-order valence-corrected chi connectivity index (χ1v) is 7.75. The van der Waals surface area contributed by atoms with E-state index in [1.807, 2.05) is 0 Å². The van der Waals surface area contributed by atoms with Gasteiger partial charge >= 0.3 is 0 Å². The largest absolute Gasteiger partial charge is 0.396 e. The third kappa shape index (κ3) is 4.42. The lowest BCUT2D eigenvalue weighted by atomic mass is 9.86.